The lowest BCUT2D eigenvalue weighted by Gasteiger charge is -2.29. The average Bonchev–Trinajstić information content (AvgIpc) is 2.30. The van der Waals surface area contributed by atoms with Crippen molar-refractivity contribution in [3.05, 3.63) is 18.5 Å². The van der Waals surface area contributed by atoms with Crippen molar-refractivity contribution in [2.24, 2.45) is 0 Å². The second kappa shape index (κ2) is 6.35. The van der Waals surface area contributed by atoms with Crippen LogP contribution in [0.3, 0.4) is 0 Å². The van der Waals surface area contributed by atoms with Gasteiger partial charge in [0, 0.05) is 25.0 Å². The van der Waals surface area contributed by atoms with E-state index in [0.717, 1.165) is 12.8 Å². The molecule has 84 valence electrons. The Morgan fingerprint density at radius 3 is 2.33 bits per heavy atom. The first-order chi connectivity index (χ1) is 7.33. The molecule has 15 heavy (non-hydrogen) atoms. The molecule has 1 rings (SSSR count). The molecule has 0 spiro atoms. The van der Waals surface area contributed by atoms with E-state index in [1.165, 1.54) is 0 Å². The molecule has 0 atom stereocenters. The zero-order valence-corrected chi connectivity index (χ0v) is 9.43. The molecule has 0 aliphatic carbocycles. The highest BCUT2D eigenvalue weighted by atomic mass is 16.3. The molecular formula is C11H19N3O. The highest BCUT2D eigenvalue weighted by Gasteiger charge is 2.16. The van der Waals surface area contributed by atoms with Gasteiger partial charge in [0.05, 0.1) is 6.61 Å². The first kappa shape index (κ1) is 11.9. The summed E-state index contributed by atoms with van der Waals surface area (Å²) in [7, 11) is 0. The standard InChI is InChI=1S/C11H19N3O/c1-3-10(4-2)14(8-9-15)11-12-6-5-7-13-11/h5-7,10,15H,3-4,8-9H2,1-2H3. The molecule has 1 N–H and O–H groups in total. The number of aliphatic hydroxyl groups excluding tert-OH is 1. The van der Waals surface area contributed by atoms with Crippen molar-refractivity contribution in [2.75, 3.05) is 18.1 Å². The summed E-state index contributed by atoms with van der Waals surface area (Å²) in [5, 5.41) is 9.04. The van der Waals surface area contributed by atoms with Crippen molar-refractivity contribution >= 4 is 5.95 Å². The van der Waals surface area contributed by atoms with Crippen molar-refractivity contribution < 1.29 is 5.11 Å². The maximum atomic E-state index is 9.04. The van der Waals surface area contributed by atoms with E-state index in [0.29, 0.717) is 18.5 Å². The zero-order chi connectivity index (χ0) is 11.1. The van der Waals surface area contributed by atoms with E-state index < -0.39 is 0 Å². The number of anilines is 1. The van der Waals surface area contributed by atoms with Crippen LogP contribution in [0.2, 0.25) is 0 Å². The first-order valence-corrected chi connectivity index (χ1v) is 5.48. The highest BCUT2D eigenvalue weighted by Crippen LogP contribution is 2.14. The molecule has 1 aromatic rings. The van der Waals surface area contributed by atoms with E-state index in [1.807, 2.05) is 0 Å². The topological polar surface area (TPSA) is 49.2 Å². The third kappa shape index (κ3) is 3.16. The monoisotopic (exact) mass is 209 g/mol. The molecule has 0 aliphatic heterocycles. The smallest absolute Gasteiger partial charge is 0.225 e. The Morgan fingerprint density at radius 1 is 1.27 bits per heavy atom. The average molecular weight is 209 g/mol. The third-order valence-corrected chi connectivity index (χ3v) is 2.53. The van der Waals surface area contributed by atoms with E-state index in [-0.39, 0.29) is 6.61 Å². The molecule has 0 amide bonds. The number of rotatable bonds is 6. The van der Waals surface area contributed by atoms with Gasteiger partial charge in [0.15, 0.2) is 0 Å². The van der Waals surface area contributed by atoms with Crippen LogP contribution in [-0.4, -0.2) is 34.3 Å². The van der Waals surface area contributed by atoms with Crippen molar-refractivity contribution in [3.63, 3.8) is 0 Å². The van der Waals surface area contributed by atoms with Crippen LogP contribution in [0.5, 0.6) is 0 Å². The van der Waals surface area contributed by atoms with Crippen molar-refractivity contribution in [2.45, 2.75) is 32.7 Å². The maximum Gasteiger partial charge on any atom is 0.225 e. The first-order valence-electron chi connectivity index (χ1n) is 5.48. The van der Waals surface area contributed by atoms with Crippen LogP contribution in [0, 0.1) is 0 Å². The highest BCUT2D eigenvalue weighted by molar-refractivity contribution is 5.30. The molecule has 0 saturated carbocycles. The fourth-order valence-corrected chi connectivity index (χ4v) is 1.72. The van der Waals surface area contributed by atoms with Gasteiger partial charge in [-0.25, -0.2) is 9.97 Å². The van der Waals surface area contributed by atoms with Crippen LogP contribution in [0.4, 0.5) is 5.95 Å². The molecule has 0 unspecified atom stereocenters. The van der Waals surface area contributed by atoms with Gasteiger partial charge >= 0.3 is 0 Å². The van der Waals surface area contributed by atoms with Crippen LogP contribution < -0.4 is 4.90 Å². The second-order valence-electron chi connectivity index (χ2n) is 3.44. The molecule has 0 aliphatic rings. The number of aromatic nitrogens is 2. The zero-order valence-electron chi connectivity index (χ0n) is 9.43. The van der Waals surface area contributed by atoms with E-state index in [1.54, 1.807) is 18.5 Å². The maximum absolute atomic E-state index is 9.04. The van der Waals surface area contributed by atoms with Gasteiger partial charge in [-0.05, 0) is 18.9 Å². The Balaban J connectivity index is 2.81. The van der Waals surface area contributed by atoms with Crippen LogP contribution in [0.1, 0.15) is 26.7 Å². The molecule has 0 saturated heterocycles. The van der Waals surface area contributed by atoms with Gasteiger partial charge in [0.25, 0.3) is 0 Å². The number of hydrogen-bond acceptors (Lipinski definition) is 4. The minimum Gasteiger partial charge on any atom is -0.395 e. The molecule has 4 heteroatoms. The number of nitrogens with zero attached hydrogens (tertiary/aromatic N) is 3. The lowest BCUT2D eigenvalue weighted by atomic mass is 10.1. The summed E-state index contributed by atoms with van der Waals surface area (Å²) >= 11 is 0. The third-order valence-electron chi connectivity index (χ3n) is 2.53. The van der Waals surface area contributed by atoms with Crippen molar-refractivity contribution in [1.29, 1.82) is 0 Å². The van der Waals surface area contributed by atoms with E-state index in [9.17, 15) is 0 Å². The van der Waals surface area contributed by atoms with Crippen molar-refractivity contribution in [1.82, 2.24) is 9.97 Å². The predicted octanol–water partition coefficient (Wildman–Crippen LogP) is 1.46. The lowest BCUT2D eigenvalue weighted by molar-refractivity contribution is 0.295. The summed E-state index contributed by atoms with van der Waals surface area (Å²) in [6.45, 7) is 5.01. The summed E-state index contributed by atoms with van der Waals surface area (Å²) in [4.78, 5) is 10.5. The molecular weight excluding hydrogens is 190 g/mol. The Labute approximate surface area is 91.0 Å². The van der Waals surface area contributed by atoms with Crippen LogP contribution in [-0.2, 0) is 0 Å². The quantitative estimate of drug-likeness (QED) is 0.770. The predicted molar refractivity (Wildman–Crippen MR) is 60.8 cm³/mol. The van der Waals surface area contributed by atoms with Gasteiger partial charge < -0.3 is 10.0 Å². The van der Waals surface area contributed by atoms with Gasteiger partial charge in [-0.2, -0.15) is 0 Å². The normalized spacial score (nSPS) is 10.7. The molecule has 0 radical (unpaired) electrons. The summed E-state index contributed by atoms with van der Waals surface area (Å²) < 4.78 is 0. The molecule has 0 bridgehead atoms. The Morgan fingerprint density at radius 2 is 1.87 bits per heavy atom. The summed E-state index contributed by atoms with van der Waals surface area (Å²) in [5.74, 6) is 0.709. The SMILES string of the molecule is CCC(CC)N(CCO)c1ncccn1. The Hall–Kier alpha value is -1.16. The van der Waals surface area contributed by atoms with E-state index >= 15 is 0 Å². The fourth-order valence-electron chi connectivity index (χ4n) is 1.72. The largest absolute Gasteiger partial charge is 0.395 e. The van der Waals surface area contributed by atoms with Gasteiger partial charge in [-0.15, -0.1) is 0 Å². The minimum atomic E-state index is 0.134. The minimum absolute atomic E-state index is 0.134. The molecule has 1 heterocycles. The Bertz CT molecular complexity index is 262. The molecule has 0 fully saturated rings. The summed E-state index contributed by atoms with van der Waals surface area (Å²) in [5.41, 5.74) is 0. The van der Waals surface area contributed by atoms with Gasteiger partial charge in [-0.1, -0.05) is 13.8 Å². The molecule has 1 aromatic heterocycles. The van der Waals surface area contributed by atoms with Crippen LogP contribution in [0.15, 0.2) is 18.5 Å². The number of hydrogen-bond donors (Lipinski definition) is 1. The summed E-state index contributed by atoms with van der Waals surface area (Å²) in [6.07, 6.45) is 5.54. The Kier molecular flexibility index (Phi) is 5.04. The fraction of sp³-hybridized carbons (Fsp3) is 0.636. The van der Waals surface area contributed by atoms with Gasteiger partial charge in [0.2, 0.25) is 5.95 Å². The molecule has 0 aromatic carbocycles. The summed E-state index contributed by atoms with van der Waals surface area (Å²) in [6, 6.07) is 2.20. The van der Waals surface area contributed by atoms with Gasteiger partial charge in [0.1, 0.15) is 0 Å². The van der Waals surface area contributed by atoms with Crippen LogP contribution in [0.25, 0.3) is 0 Å². The van der Waals surface area contributed by atoms with Crippen LogP contribution >= 0.6 is 0 Å². The van der Waals surface area contributed by atoms with Gasteiger partial charge in [-0.3, -0.25) is 0 Å². The van der Waals surface area contributed by atoms with E-state index in [2.05, 4.69) is 28.7 Å². The number of aliphatic hydroxyl groups is 1. The van der Waals surface area contributed by atoms with E-state index in [4.69, 9.17) is 5.11 Å². The molecule has 4 nitrogen and oxygen atoms in total. The lowest BCUT2D eigenvalue weighted by Crippen LogP contribution is -2.37. The second-order valence-corrected chi connectivity index (χ2v) is 3.44. The van der Waals surface area contributed by atoms with Crippen molar-refractivity contribution in [3.8, 4) is 0 Å².